The first-order chi connectivity index (χ1) is 7.26. The monoisotopic (exact) mass is 228 g/mol. The SMILES string of the molecule is CC(=CCCCl)C1CCOC2(CCC2)C1. The first-order valence-corrected chi connectivity index (χ1v) is 6.66. The zero-order valence-corrected chi connectivity index (χ0v) is 10.4. The molecule has 2 heteroatoms. The van der Waals surface area contributed by atoms with E-state index in [1.54, 1.807) is 0 Å². The van der Waals surface area contributed by atoms with Gasteiger partial charge in [-0.1, -0.05) is 11.6 Å². The van der Waals surface area contributed by atoms with Crippen LogP contribution in [0.2, 0.25) is 0 Å². The highest BCUT2D eigenvalue weighted by Crippen LogP contribution is 2.45. The molecule has 0 bridgehead atoms. The summed E-state index contributed by atoms with van der Waals surface area (Å²) in [5.41, 5.74) is 1.81. The molecule has 1 heterocycles. The molecule has 0 aromatic carbocycles. The zero-order chi connectivity index (χ0) is 10.7. The van der Waals surface area contributed by atoms with Crippen LogP contribution < -0.4 is 0 Å². The lowest BCUT2D eigenvalue weighted by Crippen LogP contribution is -2.45. The minimum atomic E-state index is 0.277. The number of allylic oxidation sites excluding steroid dienone is 2. The average molecular weight is 229 g/mol. The predicted molar refractivity (Wildman–Crippen MR) is 64.4 cm³/mol. The quantitative estimate of drug-likeness (QED) is 0.526. The van der Waals surface area contributed by atoms with Gasteiger partial charge in [-0.15, -0.1) is 11.6 Å². The molecule has 2 fully saturated rings. The van der Waals surface area contributed by atoms with Crippen molar-refractivity contribution < 1.29 is 4.74 Å². The van der Waals surface area contributed by atoms with Gasteiger partial charge >= 0.3 is 0 Å². The fourth-order valence-electron chi connectivity index (χ4n) is 2.78. The number of halogens is 1. The van der Waals surface area contributed by atoms with E-state index in [1.807, 2.05) is 0 Å². The summed E-state index contributed by atoms with van der Waals surface area (Å²) in [5.74, 6) is 1.49. The Balaban J connectivity index is 1.92. The lowest BCUT2D eigenvalue weighted by Gasteiger charge is -2.47. The molecule has 1 spiro atoms. The molecule has 0 aromatic rings. The Morgan fingerprint density at radius 3 is 2.93 bits per heavy atom. The Morgan fingerprint density at radius 1 is 1.53 bits per heavy atom. The van der Waals surface area contributed by atoms with Crippen LogP contribution in [0.1, 0.15) is 45.4 Å². The first kappa shape index (κ1) is 11.5. The summed E-state index contributed by atoms with van der Waals surface area (Å²) in [7, 11) is 0. The second kappa shape index (κ2) is 4.88. The standard InChI is InChI=1S/C13H21ClO/c1-11(4-2-8-14)12-5-9-15-13(10-12)6-3-7-13/h4,12H,2-3,5-10H2,1H3. The van der Waals surface area contributed by atoms with Crippen LogP contribution in [0.4, 0.5) is 0 Å². The minimum Gasteiger partial charge on any atom is -0.375 e. The number of alkyl halides is 1. The fourth-order valence-corrected chi connectivity index (χ4v) is 2.89. The van der Waals surface area contributed by atoms with E-state index in [-0.39, 0.29) is 5.60 Å². The third-order valence-electron chi connectivity index (χ3n) is 3.98. The van der Waals surface area contributed by atoms with Crippen molar-refractivity contribution in [3.05, 3.63) is 11.6 Å². The highest BCUT2D eigenvalue weighted by atomic mass is 35.5. The van der Waals surface area contributed by atoms with Crippen molar-refractivity contribution in [3.63, 3.8) is 0 Å². The molecule has 2 rings (SSSR count). The van der Waals surface area contributed by atoms with E-state index in [0.29, 0.717) is 0 Å². The van der Waals surface area contributed by atoms with Crippen LogP contribution >= 0.6 is 11.6 Å². The Morgan fingerprint density at radius 2 is 2.33 bits per heavy atom. The van der Waals surface area contributed by atoms with Crippen molar-refractivity contribution in [1.29, 1.82) is 0 Å². The van der Waals surface area contributed by atoms with Gasteiger partial charge in [-0.2, -0.15) is 0 Å². The Hall–Kier alpha value is -0.0100. The van der Waals surface area contributed by atoms with Crippen LogP contribution in [0.3, 0.4) is 0 Å². The molecule has 1 saturated carbocycles. The number of ether oxygens (including phenoxy) is 1. The molecule has 15 heavy (non-hydrogen) atoms. The molecule has 0 N–H and O–H groups in total. The Kier molecular flexibility index (Phi) is 3.73. The van der Waals surface area contributed by atoms with Crippen LogP contribution in [0.5, 0.6) is 0 Å². The molecule has 1 aliphatic carbocycles. The second-order valence-electron chi connectivity index (χ2n) is 5.00. The summed E-state index contributed by atoms with van der Waals surface area (Å²) < 4.78 is 5.93. The molecule has 0 amide bonds. The smallest absolute Gasteiger partial charge is 0.0688 e. The molecular formula is C13H21ClO. The topological polar surface area (TPSA) is 9.23 Å². The van der Waals surface area contributed by atoms with E-state index in [2.05, 4.69) is 13.0 Å². The molecule has 1 nitrogen and oxygen atoms in total. The highest BCUT2D eigenvalue weighted by Gasteiger charge is 2.42. The van der Waals surface area contributed by atoms with Crippen molar-refractivity contribution in [2.75, 3.05) is 12.5 Å². The van der Waals surface area contributed by atoms with Gasteiger partial charge in [0.25, 0.3) is 0 Å². The van der Waals surface area contributed by atoms with Gasteiger partial charge in [-0.25, -0.2) is 0 Å². The van der Waals surface area contributed by atoms with Gasteiger partial charge in [0.05, 0.1) is 5.60 Å². The van der Waals surface area contributed by atoms with E-state index >= 15 is 0 Å². The van der Waals surface area contributed by atoms with E-state index < -0.39 is 0 Å². The normalized spacial score (nSPS) is 30.3. The van der Waals surface area contributed by atoms with Crippen LogP contribution in [0.25, 0.3) is 0 Å². The predicted octanol–water partition coefficient (Wildman–Crippen LogP) is 3.91. The maximum absolute atomic E-state index is 5.93. The average Bonchev–Trinajstić information content (AvgIpc) is 2.24. The summed E-state index contributed by atoms with van der Waals surface area (Å²) in [6.07, 6.45) is 9.70. The number of hydrogen-bond donors (Lipinski definition) is 0. The fraction of sp³-hybridized carbons (Fsp3) is 0.846. The van der Waals surface area contributed by atoms with Gasteiger partial charge < -0.3 is 4.74 Å². The molecule has 86 valence electrons. The van der Waals surface area contributed by atoms with Gasteiger partial charge in [0, 0.05) is 12.5 Å². The maximum atomic E-state index is 5.93. The van der Waals surface area contributed by atoms with Crippen molar-refractivity contribution in [2.45, 2.75) is 51.0 Å². The van der Waals surface area contributed by atoms with Crippen molar-refractivity contribution in [1.82, 2.24) is 0 Å². The van der Waals surface area contributed by atoms with E-state index in [9.17, 15) is 0 Å². The summed E-state index contributed by atoms with van der Waals surface area (Å²) >= 11 is 5.71. The van der Waals surface area contributed by atoms with Crippen molar-refractivity contribution in [2.24, 2.45) is 5.92 Å². The van der Waals surface area contributed by atoms with Gasteiger partial charge in [0.2, 0.25) is 0 Å². The molecule has 1 unspecified atom stereocenters. The molecule has 0 aromatic heterocycles. The Bertz CT molecular complexity index is 243. The van der Waals surface area contributed by atoms with Crippen LogP contribution in [0.15, 0.2) is 11.6 Å². The summed E-state index contributed by atoms with van der Waals surface area (Å²) in [4.78, 5) is 0. The number of hydrogen-bond acceptors (Lipinski definition) is 1. The number of rotatable bonds is 3. The molecule has 2 aliphatic rings. The minimum absolute atomic E-state index is 0.277. The van der Waals surface area contributed by atoms with Crippen LogP contribution in [0, 0.1) is 5.92 Å². The summed E-state index contributed by atoms with van der Waals surface area (Å²) in [6.45, 7) is 3.21. The van der Waals surface area contributed by atoms with Crippen molar-refractivity contribution >= 4 is 11.6 Å². The van der Waals surface area contributed by atoms with Gasteiger partial charge in [0.15, 0.2) is 0 Å². The van der Waals surface area contributed by atoms with Crippen LogP contribution in [-0.2, 0) is 4.74 Å². The lowest BCUT2D eigenvalue weighted by atomic mass is 9.70. The summed E-state index contributed by atoms with van der Waals surface area (Å²) in [6, 6.07) is 0. The van der Waals surface area contributed by atoms with Gasteiger partial charge in [-0.3, -0.25) is 0 Å². The lowest BCUT2D eigenvalue weighted by molar-refractivity contribution is -0.138. The largest absolute Gasteiger partial charge is 0.375 e. The third kappa shape index (κ3) is 2.57. The third-order valence-corrected chi connectivity index (χ3v) is 4.20. The second-order valence-corrected chi connectivity index (χ2v) is 5.38. The van der Waals surface area contributed by atoms with E-state index in [1.165, 1.54) is 37.7 Å². The van der Waals surface area contributed by atoms with E-state index in [4.69, 9.17) is 16.3 Å². The maximum Gasteiger partial charge on any atom is 0.0688 e. The molecule has 1 aliphatic heterocycles. The molecule has 1 atom stereocenters. The highest BCUT2D eigenvalue weighted by molar-refractivity contribution is 6.17. The van der Waals surface area contributed by atoms with E-state index in [0.717, 1.165) is 24.8 Å². The van der Waals surface area contributed by atoms with Gasteiger partial charge in [-0.05, 0) is 51.4 Å². The van der Waals surface area contributed by atoms with Gasteiger partial charge in [0.1, 0.15) is 0 Å². The molecular weight excluding hydrogens is 208 g/mol. The first-order valence-electron chi connectivity index (χ1n) is 6.12. The molecule has 0 radical (unpaired) electrons. The molecule has 1 saturated heterocycles. The zero-order valence-electron chi connectivity index (χ0n) is 9.60. The van der Waals surface area contributed by atoms with Crippen molar-refractivity contribution in [3.8, 4) is 0 Å². The van der Waals surface area contributed by atoms with Crippen LogP contribution in [-0.4, -0.2) is 18.1 Å². The summed E-state index contributed by atoms with van der Waals surface area (Å²) in [5, 5.41) is 0. The Labute approximate surface area is 97.8 Å².